The Labute approximate surface area is 119 Å². The maximum absolute atomic E-state index is 11.9. The lowest BCUT2D eigenvalue weighted by atomic mass is 10.1. The van der Waals surface area contributed by atoms with Gasteiger partial charge in [-0.25, -0.2) is 0 Å². The number of carbonyl (C=O) groups is 1. The quantitative estimate of drug-likeness (QED) is 0.805. The Hall–Kier alpha value is -1.59. The minimum absolute atomic E-state index is 0.0499. The summed E-state index contributed by atoms with van der Waals surface area (Å²) in [6.07, 6.45) is 0.382. The highest BCUT2D eigenvalue weighted by molar-refractivity contribution is 5.81. The van der Waals surface area contributed by atoms with Gasteiger partial charge in [-0.3, -0.25) is 4.79 Å². The summed E-state index contributed by atoms with van der Waals surface area (Å²) in [6, 6.07) is 7.91. The van der Waals surface area contributed by atoms with Gasteiger partial charge in [0.1, 0.15) is 11.9 Å². The minimum atomic E-state index is -0.370. The van der Waals surface area contributed by atoms with Gasteiger partial charge in [0.2, 0.25) is 5.91 Å². The lowest BCUT2D eigenvalue weighted by Gasteiger charge is -2.22. The molecule has 2 rings (SSSR count). The van der Waals surface area contributed by atoms with Gasteiger partial charge in [-0.1, -0.05) is 18.2 Å². The Kier molecular flexibility index (Phi) is 5.83. The van der Waals surface area contributed by atoms with Crippen molar-refractivity contribution in [2.45, 2.75) is 19.4 Å². The molecule has 0 aromatic heterocycles. The average Bonchev–Trinajstić information content (AvgIpc) is 2.50. The highest BCUT2D eigenvalue weighted by Crippen LogP contribution is 2.17. The second-order valence-electron chi connectivity index (χ2n) is 4.65. The highest BCUT2D eigenvalue weighted by Gasteiger charge is 2.21. The molecule has 1 aliphatic rings. The van der Waals surface area contributed by atoms with Crippen LogP contribution in [0, 0.1) is 0 Å². The van der Waals surface area contributed by atoms with E-state index in [4.69, 9.17) is 9.47 Å². The number of ether oxygens (including phenoxy) is 2. The van der Waals surface area contributed by atoms with E-state index in [0.717, 1.165) is 24.3 Å². The van der Waals surface area contributed by atoms with Crippen molar-refractivity contribution >= 4 is 5.91 Å². The fraction of sp³-hybridized carbons (Fsp3) is 0.533. The monoisotopic (exact) mass is 278 g/mol. The summed E-state index contributed by atoms with van der Waals surface area (Å²) in [5.41, 5.74) is 1.11. The minimum Gasteiger partial charge on any atom is -0.494 e. The molecule has 5 nitrogen and oxygen atoms in total. The summed E-state index contributed by atoms with van der Waals surface area (Å²) >= 11 is 0. The third-order valence-corrected chi connectivity index (χ3v) is 3.19. The third kappa shape index (κ3) is 4.21. The lowest BCUT2D eigenvalue weighted by molar-refractivity contribution is -0.134. The molecular weight excluding hydrogens is 256 g/mol. The smallest absolute Gasteiger partial charge is 0.250 e. The Morgan fingerprint density at radius 1 is 1.50 bits per heavy atom. The number of carbonyl (C=O) groups excluding carboxylic acids is 1. The molecule has 20 heavy (non-hydrogen) atoms. The molecule has 1 unspecified atom stereocenters. The summed E-state index contributed by atoms with van der Waals surface area (Å²) in [7, 11) is 0. The van der Waals surface area contributed by atoms with Crippen molar-refractivity contribution in [2.24, 2.45) is 0 Å². The van der Waals surface area contributed by atoms with Crippen LogP contribution in [0.25, 0.3) is 0 Å². The zero-order valence-corrected chi connectivity index (χ0v) is 11.9. The number of nitrogens with one attached hydrogen (secondary N) is 2. The molecule has 1 amide bonds. The van der Waals surface area contributed by atoms with E-state index in [1.165, 1.54) is 0 Å². The van der Waals surface area contributed by atoms with Crippen LogP contribution in [0.4, 0.5) is 0 Å². The molecule has 1 saturated heterocycles. The van der Waals surface area contributed by atoms with Crippen molar-refractivity contribution in [1.29, 1.82) is 0 Å². The number of benzene rings is 1. The van der Waals surface area contributed by atoms with Crippen LogP contribution in [-0.4, -0.2) is 44.9 Å². The van der Waals surface area contributed by atoms with E-state index in [1.54, 1.807) is 0 Å². The molecule has 0 bridgehead atoms. The molecule has 0 saturated carbocycles. The average molecular weight is 278 g/mol. The second kappa shape index (κ2) is 7.87. The summed E-state index contributed by atoms with van der Waals surface area (Å²) in [5, 5.41) is 6.05. The summed E-state index contributed by atoms with van der Waals surface area (Å²) in [4.78, 5) is 11.9. The van der Waals surface area contributed by atoms with Gasteiger partial charge in [0, 0.05) is 19.6 Å². The van der Waals surface area contributed by atoms with Crippen LogP contribution in [0.1, 0.15) is 12.5 Å². The van der Waals surface area contributed by atoms with Crippen molar-refractivity contribution in [2.75, 3.05) is 32.8 Å². The molecule has 0 spiro atoms. The Morgan fingerprint density at radius 2 is 2.35 bits per heavy atom. The Morgan fingerprint density at radius 3 is 3.10 bits per heavy atom. The molecule has 0 aliphatic carbocycles. The lowest BCUT2D eigenvalue weighted by Crippen LogP contribution is -2.48. The molecular formula is C15H22N2O3. The summed E-state index contributed by atoms with van der Waals surface area (Å²) in [6.45, 7) is 5.18. The fourth-order valence-corrected chi connectivity index (χ4v) is 2.17. The third-order valence-electron chi connectivity index (χ3n) is 3.19. The SMILES string of the molecule is CCOc1ccccc1CCNC(=O)C1CNCCO1. The van der Waals surface area contributed by atoms with Crippen LogP contribution in [0.3, 0.4) is 0 Å². The van der Waals surface area contributed by atoms with E-state index in [9.17, 15) is 4.79 Å². The van der Waals surface area contributed by atoms with Crippen molar-refractivity contribution in [1.82, 2.24) is 10.6 Å². The molecule has 1 aliphatic heterocycles. The molecule has 110 valence electrons. The molecule has 2 N–H and O–H groups in total. The van der Waals surface area contributed by atoms with Crippen molar-refractivity contribution in [3.63, 3.8) is 0 Å². The van der Waals surface area contributed by atoms with E-state index >= 15 is 0 Å². The number of rotatable bonds is 6. The summed E-state index contributed by atoms with van der Waals surface area (Å²) < 4.78 is 11.0. The predicted octanol–water partition coefficient (Wildman–Crippen LogP) is 0.732. The van der Waals surface area contributed by atoms with Gasteiger partial charge < -0.3 is 20.1 Å². The van der Waals surface area contributed by atoms with Crippen LogP contribution in [0.15, 0.2) is 24.3 Å². The van der Waals surface area contributed by atoms with Gasteiger partial charge in [-0.2, -0.15) is 0 Å². The molecule has 5 heteroatoms. The first-order chi connectivity index (χ1) is 9.81. The van der Waals surface area contributed by atoms with Crippen molar-refractivity contribution in [3.8, 4) is 5.75 Å². The van der Waals surface area contributed by atoms with Crippen LogP contribution in [0.5, 0.6) is 5.75 Å². The van der Waals surface area contributed by atoms with Gasteiger partial charge in [0.25, 0.3) is 0 Å². The number of hydrogen-bond acceptors (Lipinski definition) is 4. The van der Waals surface area contributed by atoms with Crippen LogP contribution < -0.4 is 15.4 Å². The van der Waals surface area contributed by atoms with Gasteiger partial charge in [0.05, 0.1) is 13.2 Å². The topological polar surface area (TPSA) is 59.6 Å². The zero-order valence-electron chi connectivity index (χ0n) is 11.9. The maximum Gasteiger partial charge on any atom is 0.250 e. The largest absolute Gasteiger partial charge is 0.494 e. The fourth-order valence-electron chi connectivity index (χ4n) is 2.17. The van der Waals surface area contributed by atoms with E-state index in [2.05, 4.69) is 10.6 Å². The van der Waals surface area contributed by atoms with Crippen molar-refractivity contribution in [3.05, 3.63) is 29.8 Å². The van der Waals surface area contributed by atoms with Gasteiger partial charge in [-0.15, -0.1) is 0 Å². The number of para-hydroxylation sites is 1. The number of hydrogen-bond donors (Lipinski definition) is 2. The standard InChI is InChI=1S/C15H22N2O3/c1-2-19-13-6-4-3-5-12(13)7-8-17-15(18)14-11-16-9-10-20-14/h3-6,14,16H,2,7-11H2,1H3,(H,17,18). The molecule has 1 aromatic rings. The molecule has 1 fully saturated rings. The van der Waals surface area contributed by atoms with E-state index in [1.807, 2.05) is 31.2 Å². The normalized spacial score (nSPS) is 18.6. The van der Waals surface area contributed by atoms with Crippen LogP contribution >= 0.6 is 0 Å². The molecule has 1 atom stereocenters. The first-order valence-corrected chi connectivity index (χ1v) is 7.12. The van der Waals surface area contributed by atoms with Gasteiger partial charge in [0.15, 0.2) is 0 Å². The second-order valence-corrected chi connectivity index (χ2v) is 4.65. The first-order valence-electron chi connectivity index (χ1n) is 7.12. The molecule has 1 heterocycles. The number of morpholine rings is 1. The van der Waals surface area contributed by atoms with Gasteiger partial charge >= 0.3 is 0 Å². The van der Waals surface area contributed by atoms with Crippen LogP contribution in [0.2, 0.25) is 0 Å². The van der Waals surface area contributed by atoms with Gasteiger partial charge in [-0.05, 0) is 25.0 Å². The molecule has 1 aromatic carbocycles. The number of amides is 1. The maximum atomic E-state index is 11.9. The molecule has 0 radical (unpaired) electrons. The van der Waals surface area contributed by atoms with E-state index in [0.29, 0.717) is 26.3 Å². The Balaban J connectivity index is 1.79. The van der Waals surface area contributed by atoms with E-state index < -0.39 is 0 Å². The predicted molar refractivity (Wildman–Crippen MR) is 76.9 cm³/mol. The Bertz CT molecular complexity index is 431. The van der Waals surface area contributed by atoms with E-state index in [-0.39, 0.29) is 12.0 Å². The highest BCUT2D eigenvalue weighted by atomic mass is 16.5. The van der Waals surface area contributed by atoms with Crippen LogP contribution in [-0.2, 0) is 16.0 Å². The zero-order chi connectivity index (χ0) is 14.2. The van der Waals surface area contributed by atoms with Crippen molar-refractivity contribution < 1.29 is 14.3 Å². The summed E-state index contributed by atoms with van der Waals surface area (Å²) in [5.74, 6) is 0.839. The first kappa shape index (κ1) is 14.8.